The summed E-state index contributed by atoms with van der Waals surface area (Å²) in [5.74, 6) is 0.787. The first kappa shape index (κ1) is 14.1. The highest BCUT2D eigenvalue weighted by atomic mass is 16.5. The van der Waals surface area contributed by atoms with Crippen molar-refractivity contribution in [2.24, 2.45) is 0 Å². The Bertz CT molecular complexity index is 762. The van der Waals surface area contributed by atoms with Crippen LogP contribution in [0.1, 0.15) is 12.5 Å². The van der Waals surface area contributed by atoms with E-state index >= 15 is 0 Å². The minimum Gasteiger partial charge on any atom is -0.692 e. The van der Waals surface area contributed by atoms with Crippen molar-refractivity contribution >= 4 is 0 Å². The zero-order chi connectivity index (χ0) is 15.5. The normalized spacial score (nSPS) is 10.6. The van der Waals surface area contributed by atoms with Gasteiger partial charge in [0.05, 0.1) is 6.61 Å². The smallest absolute Gasteiger partial charge is 0.215 e. The molecule has 0 saturated carbocycles. The molecule has 0 amide bonds. The Morgan fingerprint density at radius 1 is 1.09 bits per heavy atom. The molecular weight excluding hydrogens is 278 g/mol. The fourth-order valence-corrected chi connectivity index (χ4v) is 2.23. The Balaban J connectivity index is 1.94. The molecule has 0 aliphatic heterocycles. The van der Waals surface area contributed by atoms with Gasteiger partial charge in [-0.25, -0.2) is 0 Å². The van der Waals surface area contributed by atoms with Crippen molar-refractivity contribution in [2.45, 2.75) is 13.8 Å². The lowest BCUT2D eigenvalue weighted by molar-refractivity contribution is -0.678. The Morgan fingerprint density at radius 3 is 2.41 bits per heavy atom. The van der Waals surface area contributed by atoms with Gasteiger partial charge in [0, 0.05) is 10.7 Å². The molecule has 0 aliphatic carbocycles. The van der Waals surface area contributed by atoms with Crippen molar-refractivity contribution in [1.82, 2.24) is 9.90 Å². The minimum atomic E-state index is 0.503. The summed E-state index contributed by atoms with van der Waals surface area (Å²) < 4.78 is 5.41. The molecule has 112 valence electrons. The van der Waals surface area contributed by atoms with Crippen molar-refractivity contribution in [3.63, 3.8) is 0 Å². The maximum atomic E-state index is 12.5. The van der Waals surface area contributed by atoms with Gasteiger partial charge in [-0.1, -0.05) is 17.7 Å². The van der Waals surface area contributed by atoms with Crippen LogP contribution in [0, 0.1) is 12.1 Å². The van der Waals surface area contributed by atoms with E-state index in [-0.39, 0.29) is 0 Å². The molecule has 0 aliphatic rings. The number of hydrogen-bond donors (Lipinski definition) is 0. The number of hydrogen-bond acceptors (Lipinski definition) is 3. The summed E-state index contributed by atoms with van der Waals surface area (Å²) in [6, 6.07) is 15.1. The lowest BCUT2D eigenvalue weighted by atomic mass is 10.2. The van der Waals surface area contributed by atoms with E-state index in [1.54, 1.807) is 6.20 Å². The van der Waals surface area contributed by atoms with Crippen LogP contribution in [0.25, 0.3) is 16.9 Å². The first-order valence-corrected chi connectivity index (χ1v) is 7.17. The van der Waals surface area contributed by atoms with Gasteiger partial charge in [0.15, 0.2) is 0 Å². The minimum absolute atomic E-state index is 0.503. The fourth-order valence-electron chi connectivity index (χ4n) is 2.23. The summed E-state index contributed by atoms with van der Waals surface area (Å²) in [5.41, 5.74) is 3.18. The molecule has 0 atom stereocenters. The Labute approximate surface area is 129 Å². The van der Waals surface area contributed by atoms with Crippen LogP contribution in [0.5, 0.6) is 5.75 Å². The average Bonchev–Trinajstić information content (AvgIpc) is 2.91. The lowest BCUT2D eigenvalue weighted by Gasteiger charge is -2.07. The summed E-state index contributed by atoms with van der Waals surface area (Å²) >= 11 is 0. The number of rotatable bonds is 4. The van der Waals surface area contributed by atoms with Crippen molar-refractivity contribution in [3.05, 3.63) is 65.5 Å². The van der Waals surface area contributed by atoms with Crippen LogP contribution in [0.2, 0.25) is 0 Å². The molecule has 0 bridgehead atoms. The number of aromatic nitrogens is 3. The van der Waals surface area contributed by atoms with Gasteiger partial charge in [0.1, 0.15) is 11.4 Å². The van der Waals surface area contributed by atoms with Crippen LogP contribution >= 0.6 is 0 Å². The fraction of sp³-hybridized carbons (Fsp3) is 0.176. The summed E-state index contributed by atoms with van der Waals surface area (Å²) in [7, 11) is 0. The first-order chi connectivity index (χ1) is 10.7. The topological polar surface area (TPSA) is 54.0 Å². The monoisotopic (exact) mass is 295 g/mol. The maximum absolute atomic E-state index is 12.5. The molecule has 0 radical (unpaired) electrons. The van der Waals surface area contributed by atoms with E-state index in [2.05, 4.69) is 5.10 Å². The zero-order valence-electron chi connectivity index (χ0n) is 12.6. The quantitative estimate of drug-likeness (QED) is 0.549. The van der Waals surface area contributed by atoms with E-state index in [0.717, 1.165) is 27.4 Å². The number of aryl methyl sites for hydroxylation is 1. The Morgan fingerprint density at radius 2 is 1.77 bits per heavy atom. The third-order valence-corrected chi connectivity index (χ3v) is 3.39. The van der Waals surface area contributed by atoms with Crippen molar-refractivity contribution < 1.29 is 9.58 Å². The van der Waals surface area contributed by atoms with Crippen LogP contribution in [0.15, 0.2) is 54.7 Å². The van der Waals surface area contributed by atoms with E-state index in [1.165, 1.54) is 4.80 Å². The van der Waals surface area contributed by atoms with Crippen molar-refractivity contribution in [3.8, 4) is 22.7 Å². The van der Waals surface area contributed by atoms with Gasteiger partial charge in [-0.15, -0.1) is 4.85 Å². The summed E-state index contributed by atoms with van der Waals surface area (Å²) in [5, 5.41) is 16.6. The highest BCUT2D eigenvalue weighted by Crippen LogP contribution is 2.20. The molecule has 0 unspecified atom stereocenters. The van der Waals surface area contributed by atoms with E-state index in [9.17, 15) is 5.21 Å². The average molecular weight is 295 g/mol. The van der Waals surface area contributed by atoms with Crippen LogP contribution in [0.3, 0.4) is 0 Å². The number of nitrogens with zero attached hydrogens (tertiary/aromatic N) is 3. The van der Waals surface area contributed by atoms with Gasteiger partial charge < -0.3 is 9.94 Å². The van der Waals surface area contributed by atoms with Gasteiger partial charge in [-0.3, -0.25) is 0 Å². The molecule has 22 heavy (non-hydrogen) atoms. The van der Waals surface area contributed by atoms with Crippen molar-refractivity contribution in [1.29, 1.82) is 0 Å². The highest BCUT2D eigenvalue weighted by Gasteiger charge is 2.15. The summed E-state index contributed by atoms with van der Waals surface area (Å²) in [4.78, 5) is 2.13. The Kier molecular flexibility index (Phi) is 3.78. The molecule has 0 saturated heterocycles. The number of benzene rings is 2. The first-order valence-electron chi connectivity index (χ1n) is 7.17. The second-order valence-electron chi connectivity index (χ2n) is 4.99. The van der Waals surface area contributed by atoms with E-state index < -0.39 is 0 Å². The number of ether oxygens (including phenoxy) is 1. The molecule has 0 fully saturated rings. The molecule has 1 aromatic heterocycles. The molecular formula is C17H17N3O2. The van der Waals surface area contributed by atoms with Gasteiger partial charge in [0.2, 0.25) is 11.9 Å². The van der Waals surface area contributed by atoms with E-state index in [4.69, 9.17) is 4.74 Å². The second-order valence-corrected chi connectivity index (χ2v) is 4.99. The van der Waals surface area contributed by atoms with Crippen LogP contribution < -0.4 is 9.58 Å². The SMILES string of the molecule is CCOc1ccc(-c2cnn(-c3ccc(C)cc3)[n+]2[O-])cc1. The molecule has 5 nitrogen and oxygen atoms in total. The molecule has 3 rings (SSSR count). The van der Waals surface area contributed by atoms with Crippen LogP contribution in [-0.2, 0) is 0 Å². The standard InChI is InChI=1S/C17H17N3O2/c1-3-22-16-10-6-14(7-11-16)17-12-18-19(20(17)21)15-8-4-13(2)5-9-15/h4-12H,3H2,1-2H3. The highest BCUT2D eigenvalue weighted by molar-refractivity contribution is 5.56. The summed E-state index contributed by atoms with van der Waals surface area (Å²) in [6.45, 7) is 4.56. The molecule has 2 aromatic carbocycles. The molecule has 0 N–H and O–H groups in total. The lowest BCUT2D eigenvalue weighted by Crippen LogP contribution is -2.38. The Hall–Kier alpha value is -2.82. The molecule has 0 spiro atoms. The van der Waals surface area contributed by atoms with E-state index in [1.807, 2.05) is 62.4 Å². The van der Waals surface area contributed by atoms with Gasteiger partial charge in [0.25, 0.3) is 0 Å². The predicted molar refractivity (Wildman–Crippen MR) is 83.9 cm³/mol. The molecule has 5 heteroatoms. The maximum Gasteiger partial charge on any atom is 0.215 e. The molecule has 3 aromatic rings. The largest absolute Gasteiger partial charge is 0.692 e. The van der Waals surface area contributed by atoms with Gasteiger partial charge in [-0.2, -0.15) is 0 Å². The summed E-state index contributed by atoms with van der Waals surface area (Å²) in [6.07, 6.45) is 1.57. The third-order valence-electron chi connectivity index (χ3n) is 3.39. The zero-order valence-corrected chi connectivity index (χ0v) is 12.6. The van der Waals surface area contributed by atoms with Gasteiger partial charge in [-0.05, 0) is 55.0 Å². The van der Waals surface area contributed by atoms with Crippen LogP contribution in [-0.4, -0.2) is 16.5 Å². The second kappa shape index (κ2) is 5.89. The van der Waals surface area contributed by atoms with E-state index in [0.29, 0.717) is 12.3 Å². The van der Waals surface area contributed by atoms with Crippen molar-refractivity contribution in [2.75, 3.05) is 6.61 Å². The van der Waals surface area contributed by atoms with Crippen LogP contribution in [0.4, 0.5) is 0 Å². The predicted octanol–water partition coefficient (Wildman–Crippen LogP) is 2.88. The van der Waals surface area contributed by atoms with Gasteiger partial charge >= 0.3 is 0 Å². The third kappa shape index (κ3) is 2.65. The molecule has 1 heterocycles.